The molecule has 1 fully saturated rings. The molecule has 0 unspecified atom stereocenters. The SMILES string of the molecule is CC(C)C(=O)N1CCN(C(=O)c2ccc(C#N)cc2)CC1. The molecule has 0 spiro atoms. The van der Waals surface area contributed by atoms with E-state index in [0.29, 0.717) is 37.3 Å². The number of amides is 2. The Morgan fingerprint density at radius 3 is 2.05 bits per heavy atom. The zero-order valence-corrected chi connectivity index (χ0v) is 12.4. The van der Waals surface area contributed by atoms with E-state index in [-0.39, 0.29) is 17.7 Å². The lowest BCUT2D eigenvalue weighted by molar-refractivity contribution is -0.135. The van der Waals surface area contributed by atoms with E-state index >= 15 is 0 Å². The van der Waals surface area contributed by atoms with Crippen molar-refractivity contribution in [2.75, 3.05) is 26.2 Å². The van der Waals surface area contributed by atoms with Crippen LogP contribution in [-0.4, -0.2) is 47.8 Å². The van der Waals surface area contributed by atoms with Crippen LogP contribution in [0.1, 0.15) is 29.8 Å². The van der Waals surface area contributed by atoms with Gasteiger partial charge in [0.2, 0.25) is 5.91 Å². The van der Waals surface area contributed by atoms with Crippen molar-refractivity contribution in [1.29, 1.82) is 5.26 Å². The molecule has 0 N–H and O–H groups in total. The minimum atomic E-state index is -0.0452. The van der Waals surface area contributed by atoms with Crippen molar-refractivity contribution in [2.24, 2.45) is 5.92 Å². The molecule has 0 aliphatic carbocycles. The van der Waals surface area contributed by atoms with Crippen molar-refractivity contribution in [2.45, 2.75) is 13.8 Å². The van der Waals surface area contributed by atoms with Gasteiger partial charge in [-0.3, -0.25) is 9.59 Å². The van der Waals surface area contributed by atoms with Gasteiger partial charge in [0, 0.05) is 37.7 Å². The normalized spacial score (nSPS) is 15.0. The summed E-state index contributed by atoms with van der Waals surface area (Å²) in [6, 6.07) is 8.67. The zero-order valence-electron chi connectivity index (χ0n) is 12.4. The van der Waals surface area contributed by atoms with Crippen molar-refractivity contribution in [3.8, 4) is 6.07 Å². The average molecular weight is 285 g/mol. The van der Waals surface area contributed by atoms with Gasteiger partial charge >= 0.3 is 0 Å². The molecule has 0 atom stereocenters. The molecule has 0 saturated carbocycles. The number of piperazine rings is 1. The maximum Gasteiger partial charge on any atom is 0.253 e. The van der Waals surface area contributed by atoms with Gasteiger partial charge in [-0.05, 0) is 24.3 Å². The minimum Gasteiger partial charge on any atom is -0.339 e. The van der Waals surface area contributed by atoms with Crippen molar-refractivity contribution < 1.29 is 9.59 Å². The molecule has 1 aliphatic rings. The largest absolute Gasteiger partial charge is 0.339 e. The van der Waals surface area contributed by atoms with Crippen LogP contribution in [0, 0.1) is 17.2 Å². The van der Waals surface area contributed by atoms with Crippen LogP contribution in [0.4, 0.5) is 0 Å². The predicted molar refractivity (Wildman–Crippen MR) is 78.5 cm³/mol. The molecular formula is C16H19N3O2. The fourth-order valence-corrected chi connectivity index (χ4v) is 2.36. The summed E-state index contributed by atoms with van der Waals surface area (Å²) in [5, 5.41) is 8.76. The van der Waals surface area contributed by atoms with Crippen LogP contribution in [0.2, 0.25) is 0 Å². The third kappa shape index (κ3) is 3.40. The van der Waals surface area contributed by atoms with E-state index in [9.17, 15) is 9.59 Å². The Kier molecular flexibility index (Phi) is 4.59. The first-order valence-electron chi connectivity index (χ1n) is 7.11. The van der Waals surface area contributed by atoms with Gasteiger partial charge in [0.1, 0.15) is 0 Å². The van der Waals surface area contributed by atoms with E-state index in [1.165, 1.54) is 0 Å². The first-order chi connectivity index (χ1) is 10.0. The number of hydrogen-bond donors (Lipinski definition) is 0. The third-order valence-corrected chi connectivity index (χ3v) is 3.63. The summed E-state index contributed by atoms with van der Waals surface area (Å²) >= 11 is 0. The molecule has 1 aromatic rings. The highest BCUT2D eigenvalue weighted by Gasteiger charge is 2.25. The minimum absolute atomic E-state index is 0.00854. The van der Waals surface area contributed by atoms with Gasteiger partial charge in [0.25, 0.3) is 5.91 Å². The van der Waals surface area contributed by atoms with Crippen LogP contribution in [-0.2, 0) is 4.79 Å². The summed E-state index contributed by atoms with van der Waals surface area (Å²) in [6.45, 7) is 6.04. The molecule has 1 heterocycles. The van der Waals surface area contributed by atoms with Crippen LogP contribution >= 0.6 is 0 Å². The van der Waals surface area contributed by atoms with Crippen molar-refractivity contribution in [3.05, 3.63) is 35.4 Å². The summed E-state index contributed by atoms with van der Waals surface area (Å²) in [7, 11) is 0. The number of carbonyl (C=O) groups is 2. The molecular weight excluding hydrogens is 266 g/mol. The van der Waals surface area contributed by atoms with Gasteiger partial charge in [-0.15, -0.1) is 0 Å². The molecule has 110 valence electrons. The molecule has 5 nitrogen and oxygen atoms in total. The Hall–Kier alpha value is -2.35. The van der Waals surface area contributed by atoms with Crippen LogP contribution in [0.15, 0.2) is 24.3 Å². The predicted octanol–water partition coefficient (Wildman–Crippen LogP) is 1.50. The summed E-state index contributed by atoms with van der Waals surface area (Å²) < 4.78 is 0. The standard InChI is InChI=1S/C16H19N3O2/c1-12(2)15(20)18-7-9-19(10-8-18)16(21)14-5-3-13(11-17)4-6-14/h3-6,12H,7-10H2,1-2H3. The van der Waals surface area contributed by atoms with Gasteiger partial charge in [-0.2, -0.15) is 5.26 Å². The monoisotopic (exact) mass is 285 g/mol. The Labute approximate surface area is 124 Å². The summed E-state index contributed by atoms with van der Waals surface area (Å²) in [4.78, 5) is 27.8. The highest BCUT2D eigenvalue weighted by atomic mass is 16.2. The molecule has 0 radical (unpaired) electrons. The number of nitriles is 1. The average Bonchev–Trinajstić information content (AvgIpc) is 2.53. The third-order valence-electron chi connectivity index (χ3n) is 3.63. The number of nitrogens with zero attached hydrogens (tertiary/aromatic N) is 3. The second-order valence-corrected chi connectivity index (χ2v) is 5.46. The van der Waals surface area contributed by atoms with Crippen molar-refractivity contribution >= 4 is 11.8 Å². The summed E-state index contributed by atoms with van der Waals surface area (Å²) in [5.41, 5.74) is 1.12. The van der Waals surface area contributed by atoms with Crippen LogP contribution in [0.5, 0.6) is 0 Å². The lowest BCUT2D eigenvalue weighted by atomic mass is 10.1. The van der Waals surface area contributed by atoms with Gasteiger partial charge in [0.15, 0.2) is 0 Å². The number of rotatable bonds is 2. The number of hydrogen-bond acceptors (Lipinski definition) is 3. The van der Waals surface area contributed by atoms with Crippen molar-refractivity contribution in [3.63, 3.8) is 0 Å². The van der Waals surface area contributed by atoms with E-state index < -0.39 is 0 Å². The van der Waals surface area contributed by atoms with Gasteiger partial charge in [-0.1, -0.05) is 13.8 Å². The van der Waals surface area contributed by atoms with E-state index in [4.69, 9.17) is 5.26 Å². The topological polar surface area (TPSA) is 64.4 Å². The van der Waals surface area contributed by atoms with E-state index in [0.717, 1.165) is 0 Å². The first kappa shape index (κ1) is 15.0. The molecule has 1 aromatic carbocycles. The molecule has 21 heavy (non-hydrogen) atoms. The van der Waals surface area contributed by atoms with Gasteiger partial charge in [-0.25, -0.2) is 0 Å². The number of carbonyl (C=O) groups excluding carboxylic acids is 2. The Balaban J connectivity index is 1.97. The Morgan fingerprint density at radius 2 is 1.57 bits per heavy atom. The van der Waals surface area contributed by atoms with Crippen LogP contribution < -0.4 is 0 Å². The molecule has 0 aromatic heterocycles. The maximum atomic E-state index is 12.3. The number of benzene rings is 1. The fraction of sp³-hybridized carbons (Fsp3) is 0.438. The fourth-order valence-electron chi connectivity index (χ4n) is 2.36. The lowest BCUT2D eigenvalue weighted by Crippen LogP contribution is -2.51. The van der Waals surface area contributed by atoms with E-state index in [2.05, 4.69) is 0 Å². The summed E-state index contributed by atoms with van der Waals surface area (Å²) in [6.07, 6.45) is 0. The second-order valence-electron chi connectivity index (χ2n) is 5.46. The molecule has 2 rings (SSSR count). The van der Waals surface area contributed by atoms with Crippen molar-refractivity contribution in [1.82, 2.24) is 9.80 Å². The van der Waals surface area contributed by atoms with Gasteiger partial charge < -0.3 is 9.80 Å². The maximum absolute atomic E-state index is 12.3. The Morgan fingerprint density at radius 1 is 1.05 bits per heavy atom. The molecule has 0 bridgehead atoms. The zero-order chi connectivity index (χ0) is 15.4. The second kappa shape index (κ2) is 6.40. The smallest absolute Gasteiger partial charge is 0.253 e. The quantitative estimate of drug-likeness (QED) is 0.827. The highest BCUT2D eigenvalue weighted by molar-refractivity contribution is 5.94. The Bertz CT molecular complexity index is 564. The van der Waals surface area contributed by atoms with Crippen LogP contribution in [0.25, 0.3) is 0 Å². The molecule has 2 amide bonds. The van der Waals surface area contributed by atoms with Crippen LogP contribution in [0.3, 0.4) is 0 Å². The van der Waals surface area contributed by atoms with E-state index in [1.807, 2.05) is 24.8 Å². The molecule has 1 aliphatic heterocycles. The lowest BCUT2D eigenvalue weighted by Gasteiger charge is -2.35. The molecule has 5 heteroatoms. The molecule has 1 saturated heterocycles. The highest BCUT2D eigenvalue weighted by Crippen LogP contribution is 2.12. The van der Waals surface area contributed by atoms with Gasteiger partial charge in [0.05, 0.1) is 11.6 Å². The summed E-state index contributed by atoms with van der Waals surface area (Å²) in [5.74, 6) is 0.0855. The first-order valence-corrected chi connectivity index (χ1v) is 7.11. The van der Waals surface area contributed by atoms with E-state index in [1.54, 1.807) is 29.2 Å².